The molecule has 0 aliphatic carbocycles. The highest BCUT2D eigenvalue weighted by Crippen LogP contribution is 2.29. The summed E-state index contributed by atoms with van der Waals surface area (Å²) in [7, 11) is 0. The van der Waals surface area contributed by atoms with E-state index in [2.05, 4.69) is 36.7 Å². The van der Waals surface area contributed by atoms with Crippen LogP contribution in [0.15, 0.2) is 18.3 Å². The van der Waals surface area contributed by atoms with E-state index in [-0.39, 0.29) is 5.92 Å². The Bertz CT molecular complexity index is 766. The van der Waals surface area contributed by atoms with Crippen molar-refractivity contribution in [2.45, 2.75) is 45.1 Å². The summed E-state index contributed by atoms with van der Waals surface area (Å²) in [5.41, 5.74) is 1.24. The molecule has 1 N–H and O–H groups in total. The zero-order chi connectivity index (χ0) is 18.6. The minimum absolute atomic E-state index is 0.309. The molecule has 0 amide bonds. The highest BCUT2D eigenvalue weighted by molar-refractivity contribution is 7.17. The average Bonchev–Trinajstić information content (AvgIpc) is 3.26. The first-order chi connectivity index (χ1) is 13.2. The first-order valence-corrected chi connectivity index (χ1v) is 10.7. The van der Waals surface area contributed by atoms with E-state index in [1.54, 1.807) is 11.3 Å². The topological polar surface area (TPSA) is 74.5 Å². The van der Waals surface area contributed by atoms with Crippen LogP contribution in [0.1, 0.15) is 44.2 Å². The largest absolute Gasteiger partial charge is 0.481 e. The number of carboxylic acid groups (broad SMARTS) is 1. The maximum atomic E-state index is 11.3. The van der Waals surface area contributed by atoms with Gasteiger partial charge in [-0.1, -0.05) is 24.2 Å². The number of hydrogen-bond donors (Lipinski definition) is 1. The number of rotatable bonds is 5. The van der Waals surface area contributed by atoms with Crippen molar-refractivity contribution in [1.82, 2.24) is 19.7 Å². The molecule has 0 bridgehead atoms. The van der Waals surface area contributed by atoms with E-state index in [1.165, 1.54) is 31.4 Å². The second-order valence-electron chi connectivity index (χ2n) is 7.55. The Morgan fingerprint density at radius 1 is 1.11 bits per heavy atom. The van der Waals surface area contributed by atoms with E-state index in [0.717, 1.165) is 49.3 Å². The van der Waals surface area contributed by atoms with Gasteiger partial charge in [0.2, 0.25) is 10.3 Å². The van der Waals surface area contributed by atoms with Crippen LogP contribution in [0.5, 0.6) is 0 Å². The quantitative estimate of drug-likeness (QED) is 0.847. The molecule has 0 aromatic carbocycles. The van der Waals surface area contributed by atoms with Gasteiger partial charge in [-0.3, -0.25) is 14.3 Å². The van der Waals surface area contributed by atoms with E-state index in [9.17, 15) is 9.90 Å². The van der Waals surface area contributed by atoms with Crippen LogP contribution in [0.2, 0.25) is 0 Å². The molecule has 0 spiro atoms. The molecule has 2 aliphatic rings. The molecule has 0 radical (unpaired) electrons. The van der Waals surface area contributed by atoms with E-state index >= 15 is 0 Å². The Morgan fingerprint density at radius 3 is 2.67 bits per heavy atom. The van der Waals surface area contributed by atoms with Crippen molar-refractivity contribution in [2.75, 3.05) is 31.1 Å². The Labute approximate surface area is 163 Å². The maximum absolute atomic E-state index is 11.3. The summed E-state index contributed by atoms with van der Waals surface area (Å²) in [4.78, 5) is 15.9. The fraction of sp³-hybridized carbons (Fsp3) is 0.632. The lowest BCUT2D eigenvalue weighted by Gasteiger charge is -2.29. The normalized spacial score (nSPS) is 21.9. The van der Waals surface area contributed by atoms with Gasteiger partial charge in [-0.25, -0.2) is 0 Å². The molecule has 27 heavy (non-hydrogen) atoms. The predicted molar refractivity (Wildman–Crippen MR) is 106 cm³/mol. The zero-order valence-corrected chi connectivity index (χ0v) is 16.4. The average molecular weight is 390 g/mol. The molecule has 2 fully saturated rings. The molecule has 2 aromatic rings. The molecule has 0 saturated carbocycles. The molecular weight excluding hydrogens is 362 g/mol. The first-order valence-electron chi connectivity index (χ1n) is 9.91. The molecule has 2 saturated heterocycles. The van der Waals surface area contributed by atoms with Crippen LogP contribution >= 0.6 is 11.3 Å². The summed E-state index contributed by atoms with van der Waals surface area (Å²) >= 11 is 1.55. The van der Waals surface area contributed by atoms with Crippen molar-refractivity contribution in [1.29, 1.82) is 0 Å². The lowest BCUT2D eigenvalue weighted by atomic mass is 9.99. The van der Waals surface area contributed by atoms with Crippen molar-refractivity contribution in [2.24, 2.45) is 5.92 Å². The highest BCUT2D eigenvalue weighted by Gasteiger charge is 2.27. The summed E-state index contributed by atoms with van der Waals surface area (Å²) in [6.07, 6.45) is 8.92. The fourth-order valence-electron chi connectivity index (χ4n) is 4.04. The van der Waals surface area contributed by atoms with Crippen molar-refractivity contribution in [3.63, 3.8) is 0 Å². The zero-order valence-electron chi connectivity index (χ0n) is 15.6. The first kappa shape index (κ1) is 18.4. The minimum Gasteiger partial charge on any atom is -0.481 e. The molecule has 1 atom stereocenters. The van der Waals surface area contributed by atoms with Gasteiger partial charge >= 0.3 is 5.97 Å². The summed E-state index contributed by atoms with van der Waals surface area (Å²) in [5, 5.41) is 19.7. The van der Waals surface area contributed by atoms with Crippen LogP contribution in [-0.4, -0.2) is 56.9 Å². The lowest BCUT2D eigenvalue weighted by Crippen LogP contribution is -2.38. The van der Waals surface area contributed by atoms with Crippen LogP contribution in [0, 0.1) is 5.92 Å². The van der Waals surface area contributed by atoms with Gasteiger partial charge in [0.15, 0.2) is 0 Å². The number of anilines is 1. The molecular formula is C19H27N5O2S. The number of nitrogens with zero attached hydrogens (tertiary/aromatic N) is 5. The van der Waals surface area contributed by atoms with Crippen molar-refractivity contribution < 1.29 is 9.90 Å². The third-order valence-electron chi connectivity index (χ3n) is 5.57. The molecule has 146 valence electrons. The van der Waals surface area contributed by atoms with Gasteiger partial charge in [-0.15, -0.1) is 10.2 Å². The van der Waals surface area contributed by atoms with E-state index < -0.39 is 5.97 Å². The summed E-state index contributed by atoms with van der Waals surface area (Å²) in [6, 6.07) is 4.23. The lowest BCUT2D eigenvalue weighted by molar-refractivity contribution is -0.141. The molecule has 2 aliphatic heterocycles. The van der Waals surface area contributed by atoms with Crippen molar-refractivity contribution in [3.05, 3.63) is 24.0 Å². The molecule has 1 unspecified atom stereocenters. The number of carboxylic acids is 1. The standard InChI is InChI=1S/C19H27N5O2S/c25-17(26)15-7-5-11-23(13-15)18-20-21-19(27-18)24-12-6-8-16(24)14-22-9-3-1-2-4-10-22/h6,8,12,15H,1-5,7,9-11,13-14H2,(H,25,26). The van der Waals surface area contributed by atoms with E-state index in [0.29, 0.717) is 6.54 Å². The minimum atomic E-state index is -0.713. The number of carbonyl (C=O) groups is 1. The SMILES string of the molecule is O=C(O)C1CCCN(c2nnc(-n3cccc3CN3CCCCCC3)s2)C1. The third-order valence-corrected chi connectivity index (χ3v) is 6.55. The van der Waals surface area contributed by atoms with Crippen LogP contribution < -0.4 is 4.90 Å². The van der Waals surface area contributed by atoms with Gasteiger partial charge in [0, 0.05) is 31.5 Å². The molecule has 8 heteroatoms. The van der Waals surface area contributed by atoms with Gasteiger partial charge in [0.05, 0.1) is 5.92 Å². The summed E-state index contributed by atoms with van der Waals surface area (Å²) < 4.78 is 2.13. The Morgan fingerprint density at radius 2 is 1.89 bits per heavy atom. The van der Waals surface area contributed by atoms with Crippen molar-refractivity contribution >= 4 is 22.4 Å². The van der Waals surface area contributed by atoms with Gasteiger partial charge in [0.25, 0.3) is 0 Å². The number of aromatic nitrogens is 3. The highest BCUT2D eigenvalue weighted by atomic mass is 32.1. The second kappa shape index (κ2) is 8.39. The smallest absolute Gasteiger partial charge is 0.308 e. The molecule has 4 heterocycles. The monoisotopic (exact) mass is 389 g/mol. The Hall–Kier alpha value is -1.93. The Kier molecular flexibility index (Phi) is 5.73. The van der Waals surface area contributed by atoms with Crippen LogP contribution in [0.4, 0.5) is 5.13 Å². The van der Waals surface area contributed by atoms with Gasteiger partial charge in [-0.2, -0.15) is 0 Å². The van der Waals surface area contributed by atoms with Gasteiger partial charge < -0.3 is 10.0 Å². The third kappa shape index (κ3) is 4.32. The number of aliphatic carboxylic acids is 1. The number of hydrogen-bond acceptors (Lipinski definition) is 6. The van der Waals surface area contributed by atoms with E-state index in [1.807, 2.05) is 6.20 Å². The number of likely N-dealkylation sites (tertiary alicyclic amines) is 1. The summed E-state index contributed by atoms with van der Waals surface area (Å²) in [5.74, 6) is -1.02. The second-order valence-corrected chi connectivity index (χ2v) is 8.48. The number of piperidine rings is 1. The van der Waals surface area contributed by atoms with Crippen LogP contribution in [-0.2, 0) is 11.3 Å². The fourth-order valence-corrected chi connectivity index (χ4v) is 4.94. The molecule has 7 nitrogen and oxygen atoms in total. The van der Waals surface area contributed by atoms with E-state index in [4.69, 9.17) is 0 Å². The van der Waals surface area contributed by atoms with Crippen LogP contribution in [0.25, 0.3) is 5.13 Å². The molecule has 4 rings (SSSR count). The van der Waals surface area contributed by atoms with Gasteiger partial charge in [-0.05, 0) is 50.9 Å². The van der Waals surface area contributed by atoms with Crippen molar-refractivity contribution in [3.8, 4) is 5.13 Å². The predicted octanol–water partition coefficient (Wildman–Crippen LogP) is 3.01. The van der Waals surface area contributed by atoms with Crippen LogP contribution in [0.3, 0.4) is 0 Å². The molecule has 2 aromatic heterocycles. The summed E-state index contributed by atoms with van der Waals surface area (Å²) in [6.45, 7) is 4.64. The maximum Gasteiger partial charge on any atom is 0.308 e. The van der Waals surface area contributed by atoms with Gasteiger partial charge in [0.1, 0.15) is 0 Å². The Balaban J connectivity index is 1.47.